The first kappa shape index (κ1) is 24.3. The smallest absolute Gasteiger partial charge is 0.314 e. The number of amides is 1. The van der Waals surface area contributed by atoms with Gasteiger partial charge in [-0.3, -0.25) is 9.59 Å². The molecule has 3 aliphatic carbocycles. The average Bonchev–Trinajstić information content (AvgIpc) is 3.21. The zero-order chi connectivity index (χ0) is 25.0. The van der Waals surface area contributed by atoms with Gasteiger partial charge in [0.05, 0.1) is 27.2 Å². The molecule has 1 saturated heterocycles. The molecule has 35 heavy (non-hydrogen) atoms. The third-order valence-corrected chi connectivity index (χ3v) is 10.2. The van der Waals surface area contributed by atoms with E-state index in [1.54, 1.807) is 33.5 Å². The number of esters is 1. The third kappa shape index (κ3) is 3.77. The average molecular weight is 486 g/mol. The first-order valence-electron chi connectivity index (χ1n) is 13.1. The fourth-order valence-electron chi connectivity index (χ4n) is 8.39. The van der Waals surface area contributed by atoms with Gasteiger partial charge in [-0.1, -0.05) is 13.8 Å². The molecule has 3 saturated carbocycles. The molecule has 0 bridgehead atoms. The van der Waals surface area contributed by atoms with Crippen molar-refractivity contribution in [3.8, 4) is 23.0 Å². The Morgan fingerprint density at radius 1 is 0.886 bits per heavy atom. The molecule has 1 aromatic rings. The number of carbonyl (C=O) groups excluding carboxylic acids is 2. The molecule has 5 rings (SSSR count). The number of piperidine rings is 1. The molecule has 7 nitrogen and oxygen atoms in total. The van der Waals surface area contributed by atoms with Crippen molar-refractivity contribution in [1.29, 1.82) is 0 Å². The van der Waals surface area contributed by atoms with Gasteiger partial charge in [0, 0.05) is 24.6 Å². The van der Waals surface area contributed by atoms with Gasteiger partial charge in [0.1, 0.15) is 5.75 Å². The van der Waals surface area contributed by atoms with E-state index in [0.717, 1.165) is 44.9 Å². The molecule has 192 valence electrons. The Bertz CT molecular complexity index is 984. The Kier molecular flexibility index (Phi) is 6.17. The van der Waals surface area contributed by atoms with Crippen LogP contribution in [0.2, 0.25) is 0 Å². The highest BCUT2D eigenvalue weighted by molar-refractivity contribution is 5.78. The van der Waals surface area contributed by atoms with Gasteiger partial charge in [0.15, 0.2) is 11.5 Å². The van der Waals surface area contributed by atoms with Crippen LogP contribution < -0.4 is 24.3 Å². The van der Waals surface area contributed by atoms with E-state index in [1.165, 1.54) is 0 Å². The number of hydrogen-bond donors (Lipinski definition) is 1. The van der Waals surface area contributed by atoms with Gasteiger partial charge in [0.25, 0.3) is 0 Å². The number of methoxy groups -OCH3 is 3. The van der Waals surface area contributed by atoms with Crippen LogP contribution in [0.25, 0.3) is 0 Å². The summed E-state index contributed by atoms with van der Waals surface area (Å²) in [6.07, 6.45) is 7.90. The van der Waals surface area contributed by atoms with Crippen LogP contribution >= 0.6 is 0 Å². The molecular formula is C28H39NO6. The van der Waals surface area contributed by atoms with Crippen LogP contribution in [0, 0.1) is 34.5 Å². The molecule has 1 aliphatic heterocycles. The summed E-state index contributed by atoms with van der Waals surface area (Å²) in [6, 6.07) is 3.67. The molecule has 4 fully saturated rings. The third-order valence-electron chi connectivity index (χ3n) is 10.2. The van der Waals surface area contributed by atoms with Gasteiger partial charge in [-0.15, -0.1) is 0 Å². The summed E-state index contributed by atoms with van der Waals surface area (Å²) in [7, 11) is 4.66. The van der Waals surface area contributed by atoms with Gasteiger partial charge < -0.3 is 24.3 Å². The molecular weight excluding hydrogens is 446 g/mol. The summed E-state index contributed by atoms with van der Waals surface area (Å²) in [5.74, 6) is 3.51. The molecule has 1 heterocycles. The Hall–Kier alpha value is -2.44. The molecule has 1 N–H and O–H groups in total. The van der Waals surface area contributed by atoms with Crippen LogP contribution in [-0.4, -0.2) is 39.2 Å². The standard InChI is InChI=1S/C28H39NO6/c1-27-12-10-19-17(6-9-23-28(19,2)13-11-24(30)29-23)18(27)7-8-20(27)26(31)35-16-14-21(32-3)25(34-5)22(15-16)33-4/h14-15,17-20,23H,6-13H2,1-5H3,(H,29,30)/t17-,18-,19-,20+,23+,27-,28+/m0/s1. The molecule has 7 heteroatoms. The lowest BCUT2D eigenvalue weighted by molar-refractivity contribution is -0.150. The quantitative estimate of drug-likeness (QED) is 0.479. The minimum Gasteiger partial charge on any atom is -0.493 e. The molecule has 1 aromatic carbocycles. The zero-order valence-corrected chi connectivity index (χ0v) is 21.6. The van der Waals surface area contributed by atoms with Gasteiger partial charge in [0.2, 0.25) is 11.7 Å². The number of carbonyl (C=O) groups is 2. The highest BCUT2D eigenvalue weighted by atomic mass is 16.5. The first-order chi connectivity index (χ1) is 16.7. The molecule has 0 radical (unpaired) electrons. The molecule has 4 aliphatic rings. The normalized spacial score (nSPS) is 37.9. The van der Waals surface area contributed by atoms with Crippen molar-refractivity contribution in [2.75, 3.05) is 21.3 Å². The van der Waals surface area contributed by atoms with Crippen molar-refractivity contribution in [1.82, 2.24) is 5.32 Å². The maximum absolute atomic E-state index is 13.5. The van der Waals surface area contributed by atoms with Crippen molar-refractivity contribution in [2.24, 2.45) is 34.5 Å². The number of ether oxygens (including phenoxy) is 4. The summed E-state index contributed by atoms with van der Waals surface area (Å²) in [5, 5.41) is 3.30. The van der Waals surface area contributed by atoms with Crippen LogP contribution in [0.5, 0.6) is 23.0 Å². The first-order valence-corrected chi connectivity index (χ1v) is 13.1. The van der Waals surface area contributed by atoms with Crippen LogP contribution in [0.3, 0.4) is 0 Å². The monoisotopic (exact) mass is 485 g/mol. The number of hydrogen-bond acceptors (Lipinski definition) is 6. The summed E-state index contributed by atoms with van der Waals surface area (Å²) < 4.78 is 22.2. The van der Waals surface area contributed by atoms with E-state index in [0.29, 0.717) is 53.2 Å². The Labute approximate surface area is 208 Å². The second-order valence-corrected chi connectivity index (χ2v) is 11.5. The van der Waals surface area contributed by atoms with E-state index >= 15 is 0 Å². The summed E-state index contributed by atoms with van der Waals surface area (Å²) >= 11 is 0. The largest absolute Gasteiger partial charge is 0.493 e. The summed E-state index contributed by atoms with van der Waals surface area (Å²) in [4.78, 5) is 25.6. The highest BCUT2D eigenvalue weighted by Crippen LogP contribution is 2.65. The minimum absolute atomic E-state index is 0.0556. The minimum atomic E-state index is -0.160. The van der Waals surface area contributed by atoms with E-state index < -0.39 is 0 Å². The molecule has 1 amide bonds. The van der Waals surface area contributed by atoms with E-state index in [4.69, 9.17) is 18.9 Å². The maximum Gasteiger partial charge on any atom is 0.314 e. The topological polar surface area (TPSA) is 83.1 Å². The molecule has 7 atom stereocenters. The lowest BCUT2D eigenvalue weighted by Crippen LogP contribution is -2.61. The highest BCUT2D eigenvalue weighted by Gasteiger charge is 2.61. The summed E-state index contributed by atoms with van der Waals surface area (Å²) in [5.41, 5.74) is 0.118. The van der Waals surface area contributed by atoms with E-state index in [9.17, 15) is 9.59 Å². The van der Waals surface area contributed by atoms with Crippen LogP contribution in [0.15, 0.2) is 12.1 Å². The van der Waals surface area contributed by atoms with Crippen molar-refractivity contribution < 1.29 is 28.5 Å². The summed E-state index contributed by atoms with van der Waals surface area (Å²) in [6.45, 7) is 4.72. The van der Waals surface area contributed by atoms with Gasteiger partial charge in [-0.05, 0) is 73.5 Å². The molecule has 0 aromatic heterocycles. The van der Waals surface area contributed by atoms with E-state index in [2.05, 4.69) is 19.2 Å². The number of rotatable bonds is 5. The van der Waals surface area contributed by atoms with E-state index in [-0.39, 0.29) is 28.6 Å². The fraction of sp³-hybridized carbons (Fsp3) is 0.714. The van der Waals surface area contributed by atoms with Crippen molar-refractivity contribution in [3.05, 3.63) is 12.1 Å². The maximum atomic E-state index is 13.5. The zero-order valence-electron chi connectivity index (χ0n) is 21.6. The predicted molar refractivity (Wildman–Crippen MR) is 131 cm³/mol. The predicted octanol–water partition coefficient (Wildman–Crippen LogP) is 4.76. The van der Waals surface area contributed by atoms with Crippen molar-refractivity contribution in [2.45, 2.75) is 71.3 Å². The van der Waals surface area contributed by atoms with Gasteiger partial charge in [-0.25, -0.2) is 0 Å². The number of nitrogens with one attached hydrogen (secondary N) is 1. The van der Waals surface area contributed by atoms with Crippen molar-refractivity contribution in [3.63, 3.8) is 0 Å². The van der Waals surface area contributed by atoms with E-state index in [1.807, 2.05) is 0 Å². The lowest BCUT2D eigenvalue weighted by atomic mass is 9.47. The SMILES string of the molecule is COc1cc(OC(=O)[C@H]2CC[C@H]3[C@@H]4CC[C@H]5NC(=O)CC[C@]5(C)[C@H]4CC[C@]23C)cc(OC)c1OC. The Morgan fingerprint density at radius 2 is 1.57 bits per heavy atom. The Morgan fingerprint density at radius 3 is 2.23 bits per heavy atom. The van der Waals surface area contributed by atoms with Gasteiger partial charge in [-0.2, -0.15) is 0 Å². The molecule has 0 unspecified atom stereocenters. The molecule has 0 spiro atoms. The Balaban J connectivity index is 1.35. The van der Waals surface area contributed by atoms with Crippen LogP contribution in [0.1, 0.15) is 65.2 Å². The lowest BCUT2D eigenvalue weighted by Gasteiger charge is -2.60. The van der Waals surface area contributed by atoms with Gasteiger partial charge >= 0.3 is 5.97 Å². The van der Waals surface area contributed by atoms with Crippen molar-refractivity contribution >= 4 is 11.9 Å². The van der Waals surface area contributed by atoms with Crippen LogP contribution in [0.4, 0.5) is 0 Å². The van der Waals surface area contributed by atoms with Crippen LogP contribution in [-0.2, 0) is 9.59 Å². The fourth-order valence-corrected chi connectivity index (χ4v) is 8.39. The number of fused-ring (bicyclic) bond motifs is 5. The number of benzene rings is 1. The second-order valence-electron chi connectivity index (χ2n) is 11.5. The second kappa shape index (κ2) is 8.90.